The summed E-state index contributed by atoms with van der Waals surface area (Å²) in [7, 11) is 1.40. The summed E-state index contributed by atoms with van der Waals surface area (Å²) in [6.45, 7) is 5.04. The second-order valence-corrected chi connectivity index (χ2v) is 7.81. The minimum Gasteiger partial charge on any atom is -0.508 e. The maximum absolute atomic E-state index is 11.7. The number of nitrogens with zero attached hydrogens (tertiary/aromatic N) is 1. The quantitative estimate of drug-likeness (QED) is 0.800. The first-order valence-corrected chi connectivity index (χ1v) is 9.22. The molecule has 4 nitrogen and oxygen atoms in total. The van der Waals surface area contributed by atoms with Crippen LogP contribution in [0.15, 0.2) is 30.3 Å². The lowest BCUT2D eigenvalue weighted by atomic mass is 9.63. The highest BCUT2D eigenvalue weighted by Crippen LogP contribution is 2.53. The predicted octanol–water partition coefficient (Wildman–Crippen LogP) is 4.66. The van der Waals surface area contributed by atoms with Gasteiger partial charge in [0.2, 0.25) is 0 Å². The minimum absolute atomic E-state index is 0.308. The van der Waals surface area contributed by atoms with Crippen LogP contribution in [0.25, 0.3) is 0 Å². The number of rotatable bonds is 2. The largest absolute Gasteiger partial charge is 0.508 e. The number of hydrogen-bond acceptors (Lipinski definition) is 4. The average Bonchev–Trinajstić information content (AvgIpc) is 2.63. The van der Waals surface area contributed by atoms with Gasteiger partial charge in [0, 0.05) is 17.9 Å². The first-order chi connectivity index (χ1) is 12.4. The number of phenols is 1. The Balaban J connectivity index is 1.80. The van der Waals surface area contributed by atoms with E-state index in [1.807, 2.05) is 37.3 Å². The highest BCUT2D eigenvalue weighted by Gasteiger charge is 2.43. The summed E-state index contributed by atoms with van der Waals surface area (Å²) in [5, 5.41) is 10.3. The highest BCUT2D eigenvalue weighted by molar-refractivity contribution is 5.90. The molecule has 1 aliphatic heterocycles. The molecular weight excluding hydrogens is 326 g/mol. The lowest BCUT2D eigenvalue weighted by molar-refractivity contribution is 0.0600. The Morgan fingerprint density at radius 1 is 1.15 bits per heavy atom. The van der Waals surface area contributed by atoms with Gasteiger partial charge in [-0.2, -0.15) is 0 Å². The third-order valence-electron chi connectivity index (χ3n) is 6.26. The second-order valence-electron chi connectivity index (χ2n) is 7.81. The number of ether oxygens (including phenoxy) is 1. The zero-order valence-electron chi connectivity index (χ0n) is 15.6. The lowest BCUT2D eigenvalue weighted by Gasteiger charge is -2.50. The number of carbonyl (C=O) groups is 1. The van der Waals surface area contributed by atoms with Crippen molar-refractivity contribution in [1.82, 2.24) is 0 Å². The van der Waals surface area contributed by atoms with Crippen LogP contribution in [-0.4, -0.2) is 24.7 Å². The molecule has 136 valence electrons. The molecule has 1 fully saturated rings. The van der Waals surface area contributed by atoms with E-state index in [2.05, 4.69) is 11.8 Å². The lowest BCUT2D eigenvalue weighted by Crippen LogP contribution is -2.46. The molecule has 0 aromatic heterocycles. The molecule has 26 heavy (non-hydrogen) atoms. The average molecular weight is 351 g/mol. The molecule has 2 aromatic rings. The van der Waals surface area contributed by atoms with E-state index >= 15 is 0 Å². The maximum atomic E-state index is 11.7. The zero-order chi connectivity index (χ0) is 18.5. The highest BCUT2D eigenvalue weighted by atomic mass is 16.5. The normalized spacial score (nSPS) is 17.6. The molecule has 1 spiro atoms. The number of anilines is 2. The van der Waals surface area contributed by atoms with Crippen LogP contribution in [0.2, 0.25) is 0 Å². The number of methoxy groups -OCH3 is 1. The summed E-state index contributed by atoms with van der Waals surface area (Å²) in [4.78, 5) is 14.1. The van der Waals surface area contributed by atoms with Crippen molar-refractivity contribution in [1.29, 1.82) is 0 Å². The smallest absolute Gasteiger partial charge is 0.337 e. The second kappa shape index (κ2) is 6.04. The van der Waals surface area contributed by atoms with Gasteiger partial charge in [0.25, 0.3) is 0 Å². The van der Waals surface area contributed by atoms with Gasteiger partial charge in [0.05, 0.1) is 12.7 Å². The van der Waals surface area contributed by atoms with Crippen molar-refractivity contribution in [2.75, 3.05) is 18.6 Å². The third kappa shape index (κ3) is 2.56. The Bertz CT molecular complexity index is 866. The zero-order valence-corrected chi connectivity index (χ0v) is 15.6. The van der Waals surface area contributed by atoms with Crippen molar-refractivity contribution in [3.05, 3.63) is 52.6 Å². The molecule has 0 unspecified atom stereocenters. The van der Waals surface area contributed by atoms with Crippen LogP contribution < -0.4 is 4.90 Å². The summed E-state index contributed by atoms with van der Waals surface area (Å²) >= 11 is 0. The predicted molar refractivity (Wildman–Crippen MR) is 102 cm³/mol. The van der Waals surface area contributed by atoms with E-state index in [1.54, 1.807) is 0 Å². The third-order valence-corrected chi connectivity index (χ3v) is 6.26. The van der Waals surface area contributed by atoms with Gasteiger partial charge in [-0.25, -0.2) is 4.79 Å². The van der Waals surface area contributed by atoms with Gasteiger partial charge in [-0.3, -0.25) is 0 Å². The van der Waals surface area contributed by atoms with Crippen molar-refractivity contribution < 1.29 is 14.6 Å². The number of phenolic OH excluding ortho intramolecular Hbond substituents is 1. The van der Waals surface area contributed by atoms with Crippen LogP contribution in [-0.2, 0) is 11.2 Å². The summed E-state index contributed by atoms with van der Waals surface area (Å²) in [6.07, 6.45) is 4.78. The molecule has 1 aliphatic carbocycles. The van der Waals surface area contributed by atoms with Crippen molar-refractivity contribution in [2.24, 2.45) is 5.41 Å². The van der Waals surface area contributed by atoms with Crippen molar-refractivity contribution >= 4 is 17.3 Å². The fourth-order valence-corrected chi connectivity index (χ4v) is 4.46. The topological polar surface area (TPSA) is 49.8 Å². The van der Waals surface area contributed by atoms with Gasteiger partial charge in [-0.15, -0.1) is 0 Å². The molecular formula is C22H25NO3. The van der Waals surface area contributed by atoms with Crippen LogP contribution in [0.5, 0.6) is 5.75 Å². The molecule has 0 amide bonds. The molecule has 2 aliphatic rings. The van der Waals surface area contributed by atoms with Gasteiger partial charge in [0.15, 0.2) is 0 Å². The molecule has 1 N–H and O–H groups in total. The first-order valence-electron chi connectivity index (χ1n) is 9.22. The molecule has 2 aromatic carbocycles. The van der Waals surface area contributed by atoms with Gasteiger partial charge < -0.3 is 14.7 Å². The summed E-state index contributed by atoms with van der Waals surface area (Å²) in [6, 6.07) is 9.59. The number of hydrogen-bond donors (Lipinski definition) is 1. The number of esters is 1. The van der Waals surface area contributed by atoms with E-state index in [-0.39, 0.29) is 5.97 Å². The van der Waals surface area contributed by atoms with Crippen LogP contribution in [0.4, 0.5) is 11.4 Å². The van der Waals surface area contributed by atoms with Gasteiger partial charge in [-0.05, 0) is 85.5 Å². The van der Waals surface area contributed by atoms with E-state index in [4.69, 9.17) is 4.74 Å². The van der Waals surface area contributed by atoms with Crippen molar-refractivity contribution in [3.63, 3.8) is 0 Å². The van der Waals surface area contributed by atoms with Crippen LogP contribution >= 0.6 is 0 Å². The Labute approximate surface area is 154 Å². The molecule has 4 rings (SSSR count). The Hall–Kier alpha value is -2.49. The molecule has 1 heterocycles. The summed E-state index contributed by atoms with van der Waals surface area (Å²) < 4.78 is 4.81. The SMILES string of the molecule is COC(=O)c1ccc(N2CC3(CCC3)Cc3cc(O)c(C)c(C)c32)cc1. The molecule has 0 radical (unpaired) electrons. The summed E-state index contributed by atoms with van der Waals surface area (Å²) in [5.74, 6) is 0.0709. The molecule has 1 saturated carbocycles. The van der Waals surface area contributed by atoms with Crippen molar-refractivity contribution in [2.45, 2.75) is 39.5 Å². The number of aromatic hydroxyl groups is 1. The van der Waals surface area contributed by atoms with Crippen molar-refractivity contribution in [3.8, 4) is 5.75 Å². The fourth-order valence-electron chi connectivity index (χ4n) is 4.46. The van der Waals surface area contributed by atoms with E-state index in [0.29, 0.717) is 16.7 Å². The van der Waals surface area contributed by atoms with Crippen LogP contribution in [0, 0.1) is 19.3 Å². The van der Waals surface area contributed by atoms with E-state index in [1.165, 1.54) is 37.6 Å². The molecule has 0 saturated heterocycles. The van der Waals surface area contributed by atoms with E-state index in [0.717, 1.165) is 29.8 Å². The standard InChI is InChI=1S/C22H25NO3/c1-14-15(2)20-17(11-19(14)24)12-22(9-4-10-22)13-23(20)18-7-5-16(6-8-18)21(25)26-3/h5-8,11,24H,4,9-10,12-13H2,1-3H3. The maximum Gasteiger partial charge on any atom is 0.337 e. The number of fused-ring (bicyclic) bond motifs is 1. The minimum atomic E-state index is -0.317. The Morgan fingerprint density at radius 2 is 1.85 bits per heavy atom. The molecule has 4 heteroatoms. The molecule has 0 atom stereocenters. The number of benzene rings is 2. The fraction of sp³-hybridized carbons (Fsp3) is 0.409. The van der Waals surface area contributed by atoms with E-state index < -0.39 is 0 Å². The Kier molecular flexibility index (Phi) is 3.94. The van der Waals surface area contributed by atoms with Gasteiger partial charge in [-0.1, -0.05) is 6.42 Å². The Morgan fingerprint density at radius 3 is 2.42 bits per heavy atom. The van der Waals surface area contributed by atoms with Crippen LogP contribution in [0.1, 0.15) is 46.3 Å². The number of carbonyl (C=O) groups excluding carboxylic acids is 1. The first kappa shape index (κ1) is 17.0. The van der Waals surface area contributed by atoms with E-state index in [9.17, 15) is 9.90 Å². The monoisotopic (exact) mass is 351 g/mol. The van der Waals surface area contributed by atoms with Crippen LogP contribution in [0.3, 0.4) is 0 Å². The van der Waals surface area contributed by atoms with Gasteiger partial charge in [0.1, 0.15) is 5.75 Å². The molecule has 0 bridgehead atoms. The summed E-state index contributed by atoms with van der Waals surface area (Å²) in [5.41, 5.74) is 6.46. The van der Waals surface area contributed by atoms with Gasteiger partial charge >= 0.3 is 5.97 Å².